The first kappa shape index (κ1) is 19.7. The van der Waals surface area contributed by atoms with Crippen molar-refractivity contribution in [2.24, 2.45) is 0 Å². The van der Waals surface area contributed by atoms with E-state index in [0.717, 1.165) is 34.4 Å². The molecule has 1 atom stereocenters. The molecular formula is C21H27N3O2S. The molecule has 0 saturated heterocycles. The van der Waals surface area contributed by atoms with Gasteiger partial charge in [0.1, 0.15) is 0 Å². The molecule has 0 radical (unpaired) electrons. The molecule has 1 aliphatic rings. The molecule has 0 spiro atoms. The molecule has 1 aromatic carbocycles. The molecule has 144 valence electrons. The van der Waals surface area contributed by atoms with Crippen molar-refractivity contribution in [1.29, 1.82) is 0 Å². The number of benzene rings is 1. The SMILES string of the molecule is Cc1c(CN[S@](=O)C(C)(C)C)cncc1-c1ccc2c(c1)CCC(=O)N2C. The minimum absolute atomic E-state index is 0.160. The molecule has 6 heteroatoms. The molecule has 5 nitrogen and oxygen atoms in total. The fourth-order valence-corrected chi connectivity index (χ4v) is 3.94. The number of hydrogen-bond donors (Lipinski definition) is 1. The van der Waals surface area contributed by atoms with Gasteiger partial charge in [0.2, 0.25) is 5.91 Å². The van der Waals surface area contributed by atoms with Gasteiger partial charge in [0, 0.05) is 43.7 Å². The van der Waals surface area contributed by atoms with Gasteiger partial charge in [0.05, 0.1) is 15.7 Å². The fourth-order valence-electron chi connectivity index (χ4n) is 3.22. The number of aromatic nitrogens is 1. The highest BCUT2D eigenvalue weighted by Crippen LogP contribution is 2.33. The first-order valence-electron chi connectivity index (χ1n) is 9.17. The van der Waals surface area contributed by atoms with Crippen LogP contribution in [0.5, 0.6) is 0 Å². The highest BCUT2D eigenvalue weighted by Gasteiger charge is 2.22. The van der Waals surface area contributed by atoms with Gasteiger partial charge in [-0.05, 0) is 68.5 Å². The minimum atomic E-state index is -1.12. The minimum Gasteiger partial charge on any atom is -0.315 e. The Morgan fingerprint density at radius 2 is 1.96 bits per heavy atom. The van der Waals surface area contributed by atoms with E-state index in [1.54, 1.807) is 4.90 Å². The summed E-state index contributed by atoms with van der Waals surface area (Å²) in [5.41, 5.74) is 6.50. The summed E-state index contributed by atoms with van der Waals surface area (Å²) in [6.07, 6.45) is 5.02. The molecule has 1 amide bonds. The summed E-state index contributed by atoms with van der Waals surface area (Å²) in [5.74, 6) is 0.160. The van der Waals surface area contributed by atoms with Gasteiger partial charge in [-0.3, -0.25) is 9.78 Å². The van der Waals surface area contributed by atoms with Crippen LogP contribution in [0.4, 0.5) is 5.69 Å². The number of rotatable bonds is 4. The van der Waals surface area contributed by atoms with E-state index in [1.807, 2.05) is 52.3 Å². The molecule has 0 unspecified atom stereocenters. The zero-order chi connectivity index (χ0) is 19.8. The summed E-state index contributed by atoms with van der Waals surface area (Å²) in [6, 6.07) is 6.22. The Hall–Kier alpha value is -2.05. The van der Waals surface area contributed by atoms with E-state index in [4.69, 9.17) is 0 Å². The second-order valence-electron chi connectivity index (χ2n) is 7.97. The Labute approximate surface area is 163 Å². The highest BCUT2D eigenvalue weighted by atomic mass is 32.2. The third kappa shape index (κ3) is 4.12. The second-order valence-corrected chi connectivity index (χ2v) is 10.0. The van der Waals surface area contributed by atoms with Gasteiger partial charge in [0.15, 0.2) is 0 Å². The summed E-state index contributed by atoms with van der Waals surface area (Å²) in [4.78, 5) is 18.0. The van der Waals surface area contributed by atoms with Crippen molar-refractivity contribution in [1.82, 2.24) is 9.71 Å². The van der Waals surface area contributed by atoms with Gasteiger partial charge in [-0.2, -0.15) is 0 Å². The number of anilines is 1. The van der Waals surface area contributed by atoms with E-state index in [2.05, 4.69) is 22.7 Å². The molecule has 0 bridgehead atoms. The van der Waals surface area contributed by atoms with Gasteiger partial charge < -0.3 is 4.90 Å². The molecule has 2 aromatic rings. The number of pyridine rings is 1. The number of amides is 1. The Kier molecular flexibility index (Phi) is 5.49. The summed E-state index contributed by atoms with van der Waals surface area (Å²) < 4.78 is 15.1. The van der Waals surface area contributed by atoms with Crippen LogP contribution in [0.1, 0.15) is 43.9 Å². The molecule has 3 rings (SSSR count). The largest absolute Gasteiger partial charge is 0.315 e. The predicted molar refractivity (Wildman–Crippen MR) is 111 cm³/mol. The highest BCUT2D eigenvalue weighted by molar-refractivity contribution is 7.84. The Balaban J connectivity index is 1.88. The normalized spacial score (nSPS) is 15.6. The van der Waals surface area contributed by atoms with Crippen molar-refractivity contribution in [3.05, 3.63) is 47.3 Å². The second kappa shape index (κ2) is 7.52. The van der Waals surface area contributed by atoms with Gasteiger partial charge in [-0.1, -0.05) is 6.07 Å². The molecular weight excluding hydrogens is 358 g/mol. The van der Waals surface area contributed by atoms with Crippen LogP contribution in [-0.4, -0.2) is 26.9 Å². The van der Waals surface area contributed by atoms with Crippen LogP contribution in [0.15, 0.2) is 30.6 Å². The van der Waals surface area contributed by atoms with Crippen LogP contribution in [-0.2, 0) is 28.7 Å². The summed E-state index contributed by atoms with van der Waals surface area (Å²) in [5, 5.41) is 0. The lowest BCUT2D eigenvalue weighted by Crippen LogP contribution is -2.33. The van der Waals surface area contributed by atoms with Crippen molar-refractivity contribution in [3.63, 3.8) is 0 Å². The Bertz CT molecular complexity index is 903. The van der Waals surface area contributed by atoms with Crippen LogP contribution in [0.2, 0.25) is 0 Å². The van der Waals surface area contributed by atoms with Crippen LogP contribution < -0.4 is 9.62 Å². The third-order valence-electron chi connectivity index (χ3n) is 5.00. The lowest BCUT2D eigenvalue weighted by molar-refractivity contribution is -0.118. The summed E-state index contributed by atoms with van der Waals surface area (Å²) in [6.45, 7) is 8.44. The monoisotopic (exact) mass is 385 g/mol. The third-order valence-corrected chi connectivity index (χ3v) is 6.52. The number of fused-ring (bicyclic) bond motifs is 1. The van der Waals surface area contributed by atoms with Crippen LogP contribution in [0.3, 0.4) is 0 Å². The molecule has 1 N–H and O–H groups in total. The van der Waals surface area contributed by atoms with Crippen molar-refractivity contribution in [2.75, 3.05) is 11.9 Å². The van der Waals surface area contributed by atoms with Gasteiger partial charge >= 0.3 is 0 Å². The van der Waals surface area contributed by atoms with Gasteiger partial charge in [0.25, 0.3) is 0 Å². The number of carbonyl (C=O) groups is 1. The maximum atomic E-state index is 12.3. The predicted octanol–water partition coefficient (Wildman–Crippen LogP) is 3.52. The topological polar surface area (TPSA) is 62.3 Å². The van der Waals surface area contributed by atoms with Gasteiger partial charge in [-0.15, -0.1) is 0 Å². The number of aryl methyl sites for hydroxylation is 1. The number of hydrogen-bond acceptors (Lipinski definition) is 3. The van der Waals surface area contributed by atoms with E-state index in [1.165, 1.54) is 5.56 Å². The summed E-state index contributed by atoms with van der Waals surface area (Å²) in [7, 11) is 0.706. The molecule has 1 aliphatic heterocycles. The van der Waals surface area contributed by atoms with E-state index >= 15 is 0 Å². The molecule has 0 fully saturated rings. The lowest BCUT2D eigenvalue weighted by Gasteiger charge is -2.26. The first-order chi connectivity index (χ1) is 12.7. The van der Waals surface area contributed by atoms with Crippen molar-refractivity contribution >= 4 is 22.6 Å². The molecule has 27 heavy (non-hydrogen) atoms. The molecule has 0 saturated carbocycles. The molecule has 2 heterocycles. The van der Waals surface area contributed by atoms with Gasteiger partial charge in [-0.25, -0.2) is 8.93 Å². The van der Waals surface area contributed by atoms with E-state index in [-0.39, 0.29) is 10.7 Å². The average Bonchev–Trinajstić information content (AvgIpc) is 2.62. The number of nitrogens with one attached hydrogen (secondary N) is 1. The average molecular weight is 386 g/mol. The standard InChI is InChI=1S/C21H27N3O2S/c1-14-17(12-23-27(26)21(2,3)4)11-22-13-18(14)15-6-8-19-16(10-15)7-9-20(25)24(19)5/h6,8,10-11,13,23H,7,9,12H2,1-5H3/t27-/m1/s1. The van der Waals surface area contributed by atoms with Crippen LogP contribution >= 0.6 is 0 Å². The first-order valence-corrected chi connectivity index (χ1v) is 10.3. The van der Waals surface area contributed by atoms with Crippen molar-refractivity contribution in [3.8, 4) is 11.1 Å². The fraction of sp³-hybridized carbons (Fsp3) is 0.429. The summed E-state index contributed by atoms with van der Waals surface area (Å²) >= 11 is 0. The van der Waals surface area contributed by atoms with Crippen LogP contribution in [0.25, 0.3) is 11.1 Å². The van der Waals surface area contributed by atoms with E-state index < -0.39 is 11.0 Å². The van der Waals surface area contributed by atoms with E-state index in [9.17, 15) is 9.00 Å². The maximum absolute atomic E-state index is 12.3. The van der Waals surface area contributed by atoms with E-state index in [0.29, 0.717) is 13.0 Å². The molecule has 0 aliphatic carbocycles. The molecule has 1 aromatic heterocycles. The smallest absolute Gasteiger partial charge is 0.227 e. The Morgan fingerprint density at radius 1 is 1.22 bits per heavy atom. The van der Waals surface area contributed by atoms with Crippen molar-refractivity contribution in [2.45, 2.75) is 51.8 Å². The Morgan fingerprint density at radius 3 is 2.67 bits per heavy atom. The quantitative estimate of drug-likeness (QED) is 0.876. The zero-order valence-corrected chi connectivity index (χ0v) is 17.4. The number of carbonyl (C=O) groups excluding carboxylic acids is 1. The van der Waals surface area contributed by atoms with Crippen molar-refractivity contribution < 1.29 is 9.00 Å². The number of nitrogens with zero attached hydrogens (tertiary/aromatic N) is 2. The maximum Gasteiger partial charge on any atom is 0.227 e. The zero-order valence-electron chi connectivity index (χ0n) is 16.6. The van der Waals surface area contributed by atoms with Crippen LogP contribution in [0, 0.1) is 6.92 Å². The lowest BCUT2D eigenvalue weighted by atomic mass is 9.94.